The smallest absolute Gasteiger partial charge is 0.277 e. The van der Waals surface area contributed by atoms with Gasteiger partial charge in [0.25, 0.3) is 5.79 Å². The van der Waals surface area contributed by atoms with Crippen molar-refractivity contribution in [3.8, 4) is 11.5 Å². The third-order valence-electron chi connectivity index (χ3n) is 2.39. The van der Waals surface area contributed by atoms with Crippen molar-refractivity contribution in [2.75, 3.05) is 13.2 Å². The number of para-hydroxylation sites is 2. The SMILES string of the molecule is c1ccc2c(c1)OC1(CCOC1)O2. The first-order valence-corrected chi connectivity index (χ1v) is 4.43. The molecule has 3 rings (SSSR count). The molecule has 2 aliphatic heterocycles. The molecule has 1 aromatic carbocycles. The van der Waals surface area contributed by atoms with E-state index in [0.717, 1.165) is 17.9 Å². The van der Waals surface area contributed by atoms with Crippen molar-refractivity contribution in [1.29, 1.82) is 0 Å². The zero-order valence-corrected chi connectivity index (χ0v) is 7.16. The van der Waals surface area contributed by atoms with E-state index in [0.29, 0.717) is 13.2 Å². The molecule has 0 aliphatic carbocycles. The molecule has 13 heavy (non-hydrogen) atoms. The van der Waals surface area contributed by atoms with E-state index in [1.54, 1.807) is 0 Å². The molecule has 2 heterocycles. The molecule has 0 aromatic heterocycles. The number of hydrogen-bond donors (Lipinski definition) is 0. The molecule has 1 spiro atoms. The first-order valence-electron chi connectivity index (χ1n) is 4.43. The molecule has 0 amide bonds. The summed E-state index contributed by atoms with van der Waals surface area (Å²) in [6.07, 6.45) is 0.807. The van der Waals surface area contributed by atoms with Gasteiger partial charge in [0.15, 0.2) is 11.5 Å². The summed E-state index contributed by atoms with van der Waals surface area (Å²) < 4.78 is 16.7. The largest absolute Gasteiger partial charge is 0.446 e. The molecular formula is C10H10O3. The Bertz CT molecular complexity index is 302. The molecule has 0 unspecified atom stereocenters. The van der Waals surface area contributed by atoms with Gasteiger partial charge in [0, 0.05) is 0 Å². The highest BCUT2D eigenvalue weighted by molar-refractivity contribution is 5.43. The fourth-order valence-corrected chi connectivity index (χ4v) is 1.73. The van der Waals surface area contributed by atoms with Crippen LogP contribution in [0, 0.1) is 0 Å². The zero-order chi connectivity index (χ0) is 8.73. The van der Waals surface area contributed by atoms with Crippen molar-refractivity contribution < 1.29 is 14.2 Å². The highest BCUT2D eigenvalue weighted by atomic mass is 16.8. The summed E-state index contributed by atoms with van der Waals surface area (Å²) >= 11 is 0. The predicted molar refractivity (Wildman–Crippen MR) is 45.9 cm³/mol. The maximum Gasteiger partial charge on any atom is 0.277 e. The lowest BCUT2D eigenvalue weighted by atomic mass is 10.2. The van der Waals surface area contributed by atoms with Crippen LogP contribution >= 0.6 is 0 Å². The minimum atomic E-state index is -0.524. The Balaban J connectivity index is 1.96. The van der Waals surface area contributed by atoms with Crippen LogP contribution in [0.4, 0.5) is 0 Å². The molecule has 0 radical (unpaired) electrons. The van der Waals surface area contributed by atoms with Crippen LogP contribution in [0.5, 0.6) is 11.5 Å². The summed E-state index contributed by atoms with van der Waals surface area (Å²) in [6.45, 7) is 1.25. The number of rotatable bonds is 0. The van der Waals surface area contributed by atoms with Gasteiger partial charge in [0.1, 0.15) is 6.61 Å². The van der Waals surface area contributed by atoms with Gasteiger partial charge < -0.3 is 14.2 Å². The van der Waals surface area contributed by atoms with Crippen molar-refractivity contribution >= 4 is 0 Å². The Morgan fingerprint density at radius 2 is 1.77 bits per heavy atom. The van der Waals surface area contributed by atoms with Gasteiger partial charge in [-0.05, 0) is 12.1 Å². The fraction of sp³-hybridized carbons (Fsp3) is 0.400. The normalized spacial score (nSPS) is 22.5. The van der Waals surface area contributed by atoms with Crippen molar-refractivity contribution in [3.63, 3.8) is 0 Å². The highest BCUT2D eigenvalue weighted by Crippen LogP contribution is 2.42. The lowest BCUT2D eigenvalue weighted by Gasteiger charge is -2.19. The summed E-state index contributed by atoms with van der Waals surface area (Å²) in [5, 5.41) is 0. The van der Waals surface area contributed by atoms with E-state index in [1.165, 1.54) is 0 Å². The average Bonchev–Trinajstić information content (AvgIpc) is 2.72. The summed E-state index contributed by atoms with van der Waals surface area (Å²) in [7, 11) is 0. The first kappa shape index (κ1) is 7.21. The van der Waals surface area contributed by atoms with Crippen LogP contribution < -0.4 is 9.47 Å². The van der Waals surface area contributed by atoms with Gasteiger partial charge in [-0.15, -0.1) is 0 Å². The third-order valence-corrected chi connectivity index (χ3v) is 2.39. The van der Waals surface area contributed by atoms with E-state index in [2.05, 4.69) is 0 Å². The van der Waals surface area contributed by atoms with Crippen LogP contribution in [0.2, 0.25) is 0 Å². The van der Waals surface area contributed by atoms with Gasteiger partial charge in [-0.2, -0.15) is 0 Å². The van der Waals surface area contributed by atoms with Gasteiger partial charge in [-0.25, -0.2) is 0 Å². The summed E-state index contributed by atoms with van der Waals surface area (Å²) in [4.78, 5) is 0. The van der Waals surface area contributed by atoms with Gasteiger partial charge in [0.05, 0.1) is 13.0 Å². The Kier molecular flexibility index (Phi) is 1.32. The van der Waals surface area contributed by atoms with E-state index in [4.69, 9.17) is 14.2 Å². The maximum absolute atomic E-state index is 5.71. The van der Waals surface area contributed by atoms with Crippen molar-refractivity contribution in [2.45, 2.75) is 12.2 Å². The zero-order valence-electron chi connectivity index (χ0n) is 7.16. The second-order valence-electron chi connectivity index (χ2n) is 3.36. The third kappa shape index (κ3) is 1.00. The molecule has 1 saturated heterocycles. The Hall–Kier alpha value is -1.22. The lowest BCUT2D eigenvalue weighted by Crippen LogP contribution is -2.38. The molecule has 2 aliphatic rings. The molecule has 0 saturated carbocycles. The van der Waals surface area contributed by atoms with E-state index in [1.807, 2.05) is 24.3 Å². The van der Waals surface area contributed by atoms with Gasteiger partial charge >= 0.3 is 0 Å². The Labute approximate surface area is 76.2 Å². The average molecular weight is 178 g/mol. The van der Waals surface area contributed by atoms with Crippen LogP contribution in [-0.4, -0.2) is 19.0 Å². The molecule has 68 valence electrons. The summed E-state index contributed by atoms with van der Waals surface area (Å²) in [5.41, 5.74) is 0. The highest BCUT2D eigenvalue weighted by Gasteiger charge is 2.44. The second kappa shape index (κ2) is 2.39. The maximum atomic E-state index is 5.71. The summed E-state index contributed by atoms with van der Waals surface area (Å²) in [6, 6.07) is 7.72. The van der Waals surface area contributed by atoms with Crippen LogP contribution in [0.1, 0.15) is 6.42 Å². The topological polar surface area (TPSA) is 27.7 Å². The minimum Gasteiger partial charge on any atom is -0.446 e. The first-order chi connectivity index (χ1) is 6.38. The number of fused-ring (bicyclic) bond motifs is 1. The van der Waals surface area contributed by atoms with Gasteiger partial charge in [0.2, 0.25) is 0 Å². The molecule has 1 aromatic rings. The molecule has 3 nitrogen and oxygen atoms in total. The minimum absolute atomic E-state index is 0.524. The van der Waals surface area contributed by atoms with Crippen LogP contribution in [-0.2, 0) is 4.74 Å². The van der Waals surface area contributed by atoms with E-state index < -0.39 is 5.79 Å². The molecule has 0 bridgehead atoms. The Morgan fingerprint density at radius 1 is 1.08 bits per heavy atom. The standard InChI is InChI=1S/C10H10O3/c1-2-4-9-8(3-1)12-10(13-9)5-6-11-7-10/h1-4H,5-7H2. The molecular weight excluding hydrogens is 168 g/mol. The Morgan fingerprint density at radius 3 is 2.31 bits per heavy atom. The van der Waals surface area contributed by atoms with Gasteiger partial charge in [-0.1, -0.05) is 12.1 Å². The van der Waals surface area contributed by atoms with E-state index in [-0.39, 0.29) is 0 Å². The molecule has 0 N–H and O–H groups in total. The van der Waals surface area contributed by atoms with E-state index in [9.17, 15) is 0 Å². The molecule has 3 heteroatoms. The second-order valence-corrected chi connectivity index (χ2v) is 3.36. The monoisotopic (exact) mass is 178 g/mol. The summed E-state index contributed by atoms with van der Waals surface area (Å²) in [5.74, 6) is 1.13. The molecule has 0 atom stereocenters. The predicted octanol–water partition coefficient (Wildman–Crippen LogP) is 1.57. The number of benzene rings is 1. The van der Waals surface area contributed by atoms with Crippen LogP contribution in [0.15, 0.2) is 24.3 Å². The van der Waals surface area contributed by atoms with E-state index >= 15 is 0 Å². The van der Waals surface area contributed by atoms with Crippen molar-refractivity contribution in [3.05, 3.63) is 24.3 Å². The number of ether oxygens (including phenoxy) is 3. The van der Waals surface area contributed by atoms with Gasteiger partial charge in [-0.3, -0.25) is 0 Å². The van der Waals surface area contributed by atoms with Crippen LogP contribution in [0.3, 0.4) is 0 Å². The van der Waals surface area contributed by atoms with Crippen LogP contribution in [0.25, 0.3) is 0 Å². The van der Waals surface area contributed by atoms with Crippen molar-refractivity contribution in [2.24, 2.45) is 0 Å². The number of hydrogen-bond acceptors (Lipinski definition) is 3. The molecule has 1 fully saturated rings. The lowest BCUT2D eigenvalue weighted by molar-refractivity contribution is -0.0798. The quantitative estimate of drug-likeness (QED) is 0.603. The van der Waals surface area contributed by atoms with Crippen molar-refractivity contribution in [1.82, 2.24) is 0 Å². The fourth-order valence-electron chi connectivity index (χ4n) is 1.73.